The van der Waals surface area contributed by atoms with Crippen LogP contribution in [-0.2, 0) is 23.1 Å². The van der Waals surface area contributed by atoms with Crippen LogP contribution in [0.3, 0.4) is 0 Å². The van der Waals surface area contributed by atoms with E-state index in [2.05, 4.69) is 29.9 Å². The number of nitrogen functional groups attached to an aromatic ring is 2. The van der Waals surface area contributed by atoms with Gasteiger partial charge in [-0.15, -0.1) is 0 Å². The van der Waals surface area contributed by atoms with E-state index in [0.29, 0.717) is 24.0 Å². The number of nitrogens with zero attached hydrogens (tertiary/aromatic N) is 7. The third kappa shape index (κ3) is 5.26. The summed E-state index contributed by atoms with van der Waals surface area (Å²) >= 11 is 0. The van der Waals surface area contributed by atoms with Crippen LogP contribution in [0, 0.1) is 5.92 Å². The number of H-pyrrole nitrogens is 1. The molecular formula is C22H29N10O10P. The van der Waals surface area contributed by atoms with Crippen molar-refractivity contribution in [2.24, 2.45) is 5.92 Å². The van der Waals surface area contributed by atoms with Gasteiger partial charge in [0.2, 0.25) is 5.95 Å². The Labute approximate surface area is 240 Å². The fourth-order valence-corrected chi connectivity index (χ4v) is 6.31. The van der Waals surface area contributed by atoms with Gasteiger partial charge in [0.15, 0.2) is 41.4 Å². The first-order valence-corrected chi connectivity index (χ1v) is 14.6. The van der Waals surface area contributed by atoms with Crippen molar-refractivity contribution >= 4 is 41.9 Å². The van der Waals surface area contributed by atoms with E-state index >= 15 is 0 Å². The molecule has 6 heterocycles. The van der Waals surface area contributed by atoms with Gasteiger partial charge in [-0.1, -0.05) is 13.3 Å². The Hall–Kier alpha value is -3.59. The molecule has 0 aromatic carbocycles. The Morgan fingerprint density at radius 3 is 2.49 bits per heavy atom. The van der Waals surface area contributed by atoms with Gasteiger partial charge in [-0.3, -0.25) is 28.0 Å². The average Bonchev–Trinajstić information content (AvgIpc) is 3.70. The summed E-state index contributed by atoms with van der Waals surface area (Å²) in [5.74, 6) is -0.616. The minimum atomic E-state index is -4.98. The van der Waals surface area contributed by atoms with Crippen LogP contribution < -0.4 is 17.0 Å². The monoisotopic (exact) mass is 624 g/mol. The third-order valence-corrected chi connectivity index (χ3v) is 8.36. The zero-order valence-corrected chi connectivity index (χ0v) is 23.3. The van der Waals surface area contributed by atoms with Gasteiger partial charge in [0.25, 0.3) is 5.56 Å². The molecule has 4 aromatic heterocycles. The molecule has 0 aliphatic carbocycles. The quantitative estimate of drug-likeness (QED) is 0.104. The number of aliphatic hydroxyl groups excluding tert-OH is 3. The fourth-order valence-electron chi connectivity index (χ4n) is 5.38. The summed E-state index contributed by atoms with van der Waals surface area (Å²) in [6.45, 7) is 1.41. The van der Waals surface area contributed by atoms with Crippen LogP contribution in [0.15, 0.2) is 23.8 Å². The highest BCUT2D eigenvalue weighted by molar-refractivity contribution is 7.47. The molecule has 9 N–H and O–H groups in total. The summed E-state index contributed by atoms with van der Waals surface area (Å²) in [5.41, 5.74) is 11.3. The lowest BCUT2D eigenvalue weighted by molar-refractivity contribution is -0.141. The molecular weight excluding hydrogens is 595 g/mol. The Kier molecular flexibility index (Phi) is 7.65. The van der Waals surface area contributed by atoms with Crippen molar-refractivity contribution in [1.29, 1.82) is 0 Å². The van der Waals surface area contributed by atoms with Crippen LogP contribution in [0.25, 0.3) is 22.3 Å². The van der Waals surface area contributed by atoms with E-state index in [-0.39, 0.29) is 22.9 Å². The summed E-state index contributed by atoms with van der Waals surface area (Å²) in [4.78, 5) is 45.3. The minimum Gasteiger partial charge on any atom is -0.388 e. The van der Waals surface area contributed by atoms with Gasteiger partial charge in [0.1, 0.15) is 30.2 Å². The molecule has 2 aliphatic heterocycles. The first kappa shape index (κ1) is 29.5. The normalized spacial score (nSPS) is 30.8. The summed E-state index contributed by atoms with van der Waals surface area (Å²) in [7, 11) is -4.98. The number of aromatic nitrogens is 8. The molecule has 2 aliphatic rings. The second-order valence-corrected chi connectivity index (χ2v) is 11.5. The molecule has 0 saturated carbocycles. The molecule has 0 amide bonds. The highest BCUT2D eigenvalue weighted by Gasteiger charge is 2.50. The lowest BCUT2D eigenvalue weighted by Crippen LogP contribution is -2.34. The standard InChI is InChI=1S/C22H29N10O10P/c1-2-3-8-9(40-19(12(8)33)31-6-27-10-15(23)25-5-26-16(10)31)4-39-43(37,38)42-14-13(34)21(36)41-20(14)32-7-28-11-17(32)29-22(24)30-18(11)35/h5-9,12-14,19-21,33-34,36H,2-4H2,1H3,(H,37,38)(H2,23,25,26)(H3,24,29,30,35). The molecule has 21 heteroatoms. The van der Waals surface area contributed by atoms with Crippen molar-refractivity contribution in [3.63, 3.8) is 0 Å². The maximum absolute atomic E-state index is 13.1. The molecule has 9 atom stereocenters. The van der Waals surface area contributed by atoms with E-state index in [1.165, 1.54) is 17.2 Å². The minimum absolute atomic E-state index is 0.0873. The maximum atomic E-state index is 13.1. The van der Waals surface area contributed by atoms with Crippen molar-refractivity contribution in [2.45, 2.75) is 62.9 Å². The smallest absolute Gasteiger partial charge is 0.388 e. The highest BCUT2D eigenvalue weighted by atomic mass is 31.2. The molecule has 4 aromatic rings. The maximum Gasteiger partial charge on any atom is 0.472 e. The largest absolute Gasteiger partial charge is 0.472 e. The number of anilines is 2. The zero-order chi connectivity index (χ0) is 30.6. The Morgan fingerprint density at radius 1 is 1.02 bits per heavy atom. The number of rotatable bonds is 9. The highest BCUT2D eigenvalue weighted by Crippen LogP contribution is 2.50. The predicted octanol–water partition coefficient (Wildman–Crippen LogP) is -1.49. The van der Waals surface area contributed by atoms with Crippen molar-refractivity contribution in [1.82, 2.24) is 39.0 Å². The van der Waals surface area contributed by atoms with Crippen LogP contribution in [0.2, 0.25) is 0 Å². The molecule has 0 spiro atoms. The molecule has 6 rings (SSSR count). The molecule has 43 heavy (non-hydrogen) atoms. The molecule has 9 unspecified atom stereocenters. The molecule has 232 valence electrons. The lowest BCUT2D eigenvalue weighted by atomic mass is 9.93. The third-order valence-electron chi connectivity index (χ3n) is 7.38. The molecule has 2 fully saturated rings. The van der Waals surface area contributed by atoms with Crippen LogP contribution in [-0.4, -0.2) is 96.6 Å². The summed E-state index contributed by atoms with van der Waals surface area (Å²) < 4.78 is 37.7. The number of aliphatic hydroxyl groups is 3. The number of fused-ring (bicyclic) bond motifs is 2. The zero-order valence-electron chi connectivity index (χ0n) is 22.4. The number of phosphoric acid groups is 1. The summed E-state index contributed by atoms with van der Waals surface area (Å²) in [6, 6.07) is 0. The number of hydrogen-bond acceptors (Lipinski definition) is 16. The van der Waals surface area contributed by atoms with Gasteiger partial charge in [-0.05, 0) is 6.42 Å². The van der Waals surface area contributed by atoms with Crippen molar-refractivity contribution < 1.29 is 43.3 Å². The van der Waals surface area contributed by atoms with Crippen LogP contribution >= 0.6 is 7.82 Å². The van der Waals surface area contributed by atoms with Crippen molar-refractivity contribution in [3.8, 4) is 0 Å². The van der Waals surface area contributed by atoms with Gasteiger partial charge in [0.05, 0.1) is 25.4 Å². The second kappa shape index (κ2) is 11.2. The Morgan fingerprint density at radius 2 is 1.74 bits per heavy atom. The van der Waals surface area contributed by atoms with Gasteiger partial charge >= 0.3 is 7.82 Å². The molecule has 0 radical (unpaired) electrons. The van der Waals surface area contributed by atoms with E-state index in [4.69, 9.17) is 30.0 Å². The van der Waals surface area contributed by atoms with Crippen molar-refractivity contribution in [3.05, 3.63) is 29.3 Å². The SMILES string of the molecule is CCCC1C(COP(=O)(O)OC2C(O)C(O)OC2n2cnc3c(=O)[nH]c(N)nc32)OC(n2cnc3c(N)ncnc32)C1O. The number of phosphoric ester groups is 1. The predicted molar refractivity (Wildman–Crippen MR) is 143 cm³/mol. The van der Waals surface area contributed by atoms with Crippen LogP contribution in [0.4, 0.5) is 11.8 Å². The average molecular weight is 625 g/mol. The number of nitrogens with two attached hydrogens (primary N) is 2. The van der Waals surface area contributed by atoms with Crippen molar-refractivity contribution in [2.75, 3.05) is 18.1 Å². The van der Waals surface area contributed by atoms with Gasteiger partial charge < -0.3 is 41.2 Å². The summed E-state index contributed by atoms with van der Waals surface area (Å²) in [6.07, 6.45) is -4.78. The second-order valence-electron chi connectivity index (χ2n) is 10.1. The van der Waals surface area contributed by atoms with Gasteiger partial charge in [-0.25, -0.2) is 24.5 Å². The number of imidazole rings is 2. The van der Waals surface area contributed by atoms with E-state index < -0.39 is 69.1 Å². The van der Waals surface area contributed by atoms with Gasteiger partial charge in [0, 0.05) is 5.92 Å². The number of aromatic amines is 1. The first-order chi connectivity index (χ1) is 20.5. The van der Waals surface area contributed by atoms with E-state index in [0.717, 1.165) is 10.9 Å². The van der Waals surface area contributed by atoms with E-state index in [1.807, 2.05) is 6.92 Å². The topological polar surface area (TPSA) is 294 Å². The molecule has 2 saturated heterocycles. The summed E-state index contributed by atoms with van der Waals surface area (Å²) in [5, 5.41) is 31.8. The molecule has 0 bridgehead atoms. The molecule has 20 nitrogen and oxygen atoms in total. The van der Waals surface area contributed by atoms with E-state index in [9.17, 15) is 29.6 Å². The fraction of sp³-hybridized carbons (Fsp3) is 0.545. The lowest BCUT2D eigenvalue weighted by Gasteiger charge is -2.25. The Balaban J connectivity index is 1.20. The first-order valence-electron chi connectivity index (χ1n) is 13.1. The van der Waals surface area contributed by atoms with Crippen LogP contribution in [0.5, 0.6) is 0 Å². The number of hydrogen-bond donors (Lipinski definition) is 7. The number of nitrogens with one attached hydrogen (secondary N) is 1. The van der Waals surface area contributed by atoms with Crippen LogP contribution in [0.1, 0.15) is 32.2 Å². The van der Waals surface area contributed by atoms with Gasteiger partial charge in [-0.2, -0.15) is 4.98 Å². The number of ether oxygens (including phenoxy) is 2. The Bertz CT molecular complexity index is 1750. The van der Waals surface area contributed by atoms with E-state index in [1.54, 1.807) is 0 Å².